The van der Waals surface area contributed by atoms with E-state index in [2.05, 4.69) is 52.0 Å². The van der Waals surface area contributed by atoms with Gasteiger partial charge < -0.3 is 9.47 Å². The minimum atomic E-state index is -0.118. The largest absolute Gasteiger partial charge is 0.380 e. The van der Waals surface area contributed by atoms with Crippen LogP contribution < -0.4 is 0 Å². The Morgan fingerprint density at radius 2 is 1.84 bits per heavy atom. The molecule has 1 aromatic carbocycles. The molecule has 2 rings (SSSR count). The van der Waals surface area contributed by atoms with E-state index in [9.17, 15) is 0 Å². The van der Waals surface area contributed by atoms with E-state index in [1.807, 2.05) is 0 Å². The average molecular weight is 262 g/mol. The number of ether oxygens (including phenoxy) is 2. The van der Waals surface area contributed by atoms with E-state index in [1.54, 1.807) is 0 Å². The van der Waals surface area contributed by atoms with E-state index < -0.39 is 0 Å². The quantitative estimate of drug-likeness (QED) is 0.777. The SMILES string of the molecule is CCC1(COC(C)(C)Cc2ccc(C)cc2)COC1. The fourth-order valence-electron chi connectivity index (χ4n) is 2.38. The Hall–Kier alpha value is -0.860. The summed E-state index contributed by atoms with van der Waals surface area (Å²) in [7, 11) is 0. The molecule has 0 aromatic heterocycles. The molecule has 1 heterocycles. The zero-order valence-corrected chi connectivity index (χ0v) is 12.7. The first kappa shape index (κ1) is 14.5. The van der Waals surface area contributed by atoms with Crippen molar-refractivity contribution in [2.75, 3.05) is 19.8 Å². The minimum absolute atomic E-state index is 0.118. The molecular formula is C17H26O2. The van der Waals surface area contributed by atoms with Gasteiger partial charge in [-0.2, -0.15) is 0 Å². The van der Waals surface area contributed by atoms with Crippen molar-refractivity contribution in [1.82, 2.24) is 0 Å². The van der Waals surface area contributed by atoms with Crippen molar-refractivity contribution >= 4 is 0 Å². The summed E-state index contributed by atoms with van der Waals surface area (Å²) in [5.74, 6) is 0. The molecule has 0 atom stereocenters. The van der Waals surface area contributed by atoms with E-state index in [0.29, 0.717) is 0 Å². The Labute approximate surface area is 117 Å². The first-order valence-electron chi connectivity index (χ1n) is 7.22. The smallest absolute Gasteiger partial charge is 0.0667 e. The van der Waals surface area contributed by atoms with Crippen LogP contribution in [-0.2, 0) is 15.9 Å². The maximum atomic E-state index is 6.18. The molecule has 1 aliphatic rings. The first-order valence-corrected chi connectivity index (χ1v) is 7.22. The number of aryl methyl sites for hydroxylation is 1. The normalized spacial score (nSPS) is 18.1. The summed E-state index contributed by atoms with van der Waals surface area (Å²) in [6.07, 6.45) is 2.08. The third-order valence-corrected chi connectivity index (χ3v) is 4.09. The monoisotopic (exact) mass is 262 g/mol. The van der Waals surface area contributed by atoms with Crippen molar-refractivity contribution in [2.45, 2.75) is 46.1 Å². The molecule has 19 heavy (non-hydrogen) atoms. The van der Waals surface area contributed by atoms with Gasteiger partial charge in [0.2, 0.25) is 0 Å². The van der Waals surface area contributed by atoms with Crippen LogP contribution >= 0.6 is 0 Å². The van der Waals surface area contributed by atoms with Crippen LogP contribution in [0.1, 0.15) is 38.3 Å². The summed E-state index contributed by atoms with van der Waals surface area (Å²) in [6.45, 7) is 11.2. The van der Waals surface area contributed by atoms with E-state index in [4.69, 9.17) is 9.47 Å². The maximum absolute atomic E-state index is 6.18. The predicted octanol–water partition coefficient (Wildman–Crippen LogP) is 3.76. The number of benzene rings is 1. The molecular weight excluding hydrogens is 236 g/mol. The van der Waals surface area contributed by atoms with Crippen molar-refractivity contribution in [3.8, 4) is 0 Å². The van der Waals surface area contributed by atoms with Crippen LogP contribution in [0.3, 0.4) is 0 Å². The highest BCUT2D eigenvalue weighted by molar-refractivity contribution is 5.22. The van der Waals surface area contributed by atoms with Crippen LogP contribution in [-0.4, -0.2) is 25.4 Å². The highest BCUT2D eigenvalue weighted by Gasteiger charge is 2.38. The van der Waals surface area contributed by atoms with Crippen LogP contribution in [0, 0.1) is 12.3 Å². The number of hydrogen-bond acceptors (Lipinski definition) is 2. The lowest BCUT2D eigenvalue weighted by Crippen LogP contribution is -2.47. The average Bonchev–Trinajstić information content (AvgIpc) is 2.31. The number of rotatable bonds is 6. The van der Waals surface area contributed by atoms with E-state index in [-0.39, 0.29) is 11.0 Å². The minimum Gasteiger partial charge on any atom is -0.380 e. The van der Waals surface area contributed by atoms with Gasteiger partial charge in [-0.3, -0.25) is 0 Å². The molecule has 0 bridgehead atoms. The lowest BCUT2D eigenvalue weighted by atomic mass is 9.84. The second kappa shape index (κ2) is 5.64. The van der Waals surface area contributed by atoms with Crippen LogP contribution in [0.2, 0.25) is 0 Å². The Balaban J connectivity index is 1.89. The van der Waals surface area contributed by atoms with Crippen molar-refractivity contribution in [1.29, 1.82) is 0 Å². The van der Waals surface area contributed by atoms with E-state index in [0.717, 1.165) is 32.7 Å². The second-order valence-corrected chi connectivity index (χ2v) is 6.56. The lowest BCUT2D eigenvalue weighted by molar-refractivity contribution is -0.174. The van der Waals surface area contributed by atoms with Gasteiger partial charge in [0.25, 0.3) is 0 Å². The zero-order chi connectivity index (χ0) is 13.9. The fourth-order valence-corrected chi connectivity index (χ4v) is 2.38. The zero-order valence-electron chi connectivity index (χ0n) is 12.7. The fraction of sp³-hybridized carbons (Fsp3) is 0.647. The molecule has 0 unspecified atom stereocenters. The topological polar surface area (TPSA) is 18.5 Å². The molecule has 0 radical (unpaired) electrons. The summed E-state index contributed by atoms with van der Waals surface area (Å²) in [4.78, 5) is 0. The molecule has 1 fully saturated rings. The molecule has 106 valence electrons. The summed E-state index contributed by atoms with van der Waals surface area (Å²) >= 11 is 0. The predicted molar refractivity (Wildman–Crippen MR) is 78.5 cm³/mol. The van der Waals surface area contributed by atoms with Gasteiger partial charge in [-0.1, -0.05) is 36.8 Å². The van der Waals surface area contributed by atoms with Gasteiger partial charge in [0.15, 0.2) is 0 Å². The van der Waals surface area contributed by atoms with E-state index in [1.165, 1.54) is 11.1 Å². The highest BCUT2D eigenvalue weighted by Crippen LogP contribution is 2.33. The molecule has 1 aliphatic heterocycles. The van der Waals surface area contributed by atoms with Crippen molar-refractivity contribution in [3.63, 3.8) is 0 Å². The highest BCUT2D eigenvalue weighted by atomic mass is 16.5. The third kappa shape index (κ3) is 3.80. The first-order chi connectivity index (χ1) is 8.95. The molecule has 1 aromatic rings. The standard InChI is InChI=1S/C17H26O2/c1-5-17(11-18-12-17)13-19-16(3,4)10-15-8-6-14(2)7-9-15/h6-9H,5,10-13H2,1-4H3. The van der Waals surface area contributed by atoms with Crippen molar-refractivity contribution in [2.24, 2.45) is 5.41 Å². The van der Waals surface area contributed by atoms with Gasteiger partial charge in [0.05, 0.1) is 25.4 Å². The van der Waals surface area contributed by atoms with Crippen LogP contribution in [0.15, 0.2) is 24.3 Å². The van der Waals surface area contributed by atoms with Crippen LogP contribution in [0.4, 0.5) is 0 Å². The Morgan fingerprint density at radius 3 is 2.32 bits per heavy atom. The molecule has 2 heteroatoms. The maximum Gasteiger partial charge on any atom is 0.0667 e. The van der Waals surface area contributed by atoms with E-state index >= 15 is 0 Å². The van der Waals surface area contributed by atoms with Gasteiger partial charge in [0.1, 0.15) is 0 Å². The summed E-state index contributed by atoms with van der Waals surface area (Å²) in [5, 5.41) is 0. The molecule has 2 nitrogen and oxygen atoms in total. The Morgan fingerprint density at radius 1 is 1.21 bits per heavy atom. The van der Waals surface area contributed by atoms with Gasteiger partial charge in [0, 0.05) is 11.8 Å². The molecule has 0 N–H and O–H groups in total. The van der Waals surface area contributed by atoms with Crippen LogP contribution in [0.25, 0.3) is 0 Å². The number of hydrogen-bond donors (Lipinski definition) is 0. The Kier molecular flexibility index (Phi) is 4.32. The lowest BCUT2D eigenvalue weighted by Gasteiger charge is -2.42. The molecule has 0 amide bonds. The van der Waals surface area contributed by atoms with Crippen molar-refractivity contribution < 1.29 is 9.47 Å². The molecule has 0 aliphatic carbocycles. The summed E-state index contributed by atoms with van der Waals surface area (Å²) in [6, 6.07) is 8.72. The molecule has 1 saturated heterocycles. The summed E-state index contributed by atoms with van der Waals surface area (Å²) in [5.41, 5.74) is 2.79. The third-order valence-electron chi connectivity index (χ3n) is 4.09. The van der Waals surface area contributed by atoms with Gasteiger partial charge in [-0.15, -0.1) is 0 Å². The van der Waals surface area contributed by atoms with Crippen LogP contribution in [0.5, 0.6) is 0 Å². The molecule has 0 saturated carbocycles. The second-order valence-electron chi connectivity index (χ2n) is 6.56. The Bertz CT molecular complexity index is 396. The van der Waals surface area contributed by atoms with Gasteiger partial charge in [-0.25, -0.2) is 0 Å². The van der Waals surface area contributed by atoms with Gasteiger partial charge in [-0.05, 0) is 32.8 Å². The summed E-state index contributed by atoms with van der Waals surface area (Å²) < 4.78 is 11.5. The molecule has 0 spiro atoms. The van der Waals surface area contributed by atoms with Gasteiger partial charge >= 0.3 is 0 Å². The van der Waals surface area contributed by atoms with Crippen molar-refractivity contribution in [3.05, 3.63) is 35.4 Å².